The predicted molar refractivity (Wildman–Crippen MR) is 92.8 cm³/mol. The monoisotopic (exact) mass is 422 g/mol. The summed E-state index contributed by atoms with van der Waals surface area (Å²) in [6.45, 7) is 0.774. The molecule has 0 amide bonds. The van der Waals surface area contributed by atoms with Crippen molar-refractivity contribution in [2.45, 2.75) is 6.54 Å². The maximum atomic E-state index is 6.06. The van der Waals surface area contributed by atoms with Crippen LogP contribution in [0.25, 0.3) is 0 Å². The average molecular weight is 425 g/mol. The number of thiophene rings is 1. The van der Waals surface area contributed by atoms with Gasteiger partial charge in [-0.1, -0.05) is 11.6 Å². The van der Waals surface area contributed by atoms with Crippen LogP contribution in [0.4, 0.5) is 11.4 Å². The van der Waals surface area contributed by atoms with E-state index in [-0.39, 0.29) is 0 Å². The number of nitrogens with one attached hydrogen (secondary N) is 1. The lowest BCUT2D eigenvalue weighted by atomic mass is 10.2. The van der Waals surface area contributed by atoms with E-state index in [1.165, 1.54) is 4.88 Å². The molecule has 0 atom stereocenters. The Hall–Kier alpha value is -0.230. The molecule has 2 aromatic rings. The second kappa shape index (κ2) is 6.48. The summed E-state index contributed by atoms with van der Waals surface area (Å²) in [6, 6.07) is 7.99. The number of benzene rings is 1. The van der Waals surface area contributed by atoms with Crippen molar-refractivity contribution in [2.75, 3.05) is 24.3 Å². The van der Waals surface area contributed by atoms with E-state index < -0.39 is 0 Å². The van der Waals surface area contributed by atoms with E-state index in [1.54, 1.807) is 11.3 Å². The van der Waals surface area contributed by atoms with Crippen molar-refractivity contribution in [3.63, 3.8) is 0 Å². The number of anilines is 2. The fourth-order valence-corrected chi connectivity index (χ4v) is 3.99. The van der Waals surface area contributed by atoms with Crippen molar-refractivity contribution in [3.05, 3.63) is 42.4 Å². The highest BCUT2D eigenvalue weighted by Gasteiger charge is 2.07. The third-order valence-corrected chi connectivity index (χ3v) is 6.08. The SMILES string of the molecule is CN(C)c1ccc(Cl)cc1NCc1cc(Br)c(Br)s1. The Bertz CT molecular complexity index is 565. The number of rotatable bonds is 4. The van der Waals surface area contributed by atoms with Gasteiger partial charge in [-0.15, -0.1) is 11.3 Å². The average Bonchev–Trinajstić information content (AvgIpc) is 2.66. The smallest absolute Gasteiger partial charge is 0.0843 e. The lowest BCUT2D eigenvalue weighted by molar-refractivity contribution is 1.11. The molecule has 0 radical (unpaired) electrons. The maximum Gasteiger partial charge on any atom is 0.0843 e. The maximum absolute atomic E-state index is 6.06. The first-order valence-electron chi connectivity index (χ1n) is 5.62. The van der Waals surface area contributed by atoms with Crippen LogP contribution in [0, 0.1) is 0 Å². The summed E-state index contributed by atoms with van der Waals surface area (Å²) in [5, 5.41) is 4.17. The molecular weight excluding hydrogens is 411 g/mol. The zero-order valence-corrected chi connectivity index (χ0v) is 15.3. The van der Waals surface area contributed by atoms with Gasteiger partial charge in [0.15, 0.2) is 0 Å². The van der Waals surface area contributed by atoms with Gasteiger partial charge in [0, 0.05) is 35.0 Å². The van der Waals surface area contributed by atoms with Crippen LogP contribution in [-0.4, -0.2) is 14.1 Å². The van der Waals surface area contributed by atoms with Crippen LogP contribution < -0.4 is 10.2 Å². The van der Waals surface area contributed by atoms with E-state index in [9.17, 15) is 0 Å². The van der Waals surface area contributed by atoms with Gasteiger partial charge in [-0.3, -0.25) is 0 Å². The predicted octanol–water partition coefficient (Wildman–Crippen LogP) is 5.60. The Morgan fingerprint density at radius 3 is 2.58 bits per heavy atom. The molecule has 0 aliphatic heterocycles. The Morgan fingerprint density at radius 2 is 2.00 bits per heavy atom. The van der Waals surface area contributed by atoms with Crippen LogP contribution in [0.3, 0.4) is 0 Å². The Labute approximate surface area is 139 Å². The van der Waals surface area contributed by atoms with Gasteiger partial charge >= 0.3 is 0 Å². The van der Waals surface area contributed by atoms with Crippen LogP contribution in [0.5, 0.6) is 0 Å². The van der Waals surface area contributed by atoms with Crippen LogP contribution in [0.2, 0.25) is 5.02 Å². The van der Waals surface area contributed by atoms with Crippen molar-refractivity contribution in [2.24, 2.45) is 0 Å². The van der Waals surface area contributed by atoms with E-state index >= 15 is 0 Å². The summed E-state index contributed by atoms with van der Waals surface area (Å²) in [6.07, 6.45) is 0. The largest absolute Gasteiger partial charge is 0.378 e. The van der Waals surface area contributed by atoms with Crippen molar-refractivity contribution < 1.29 is 0 Å². The molecule has 2 rings (SSSR count). The molecule has 0 saturated carbocycles. The van der Waals surface area contributed by atoms with Crippen LogP contribution in [0.1, 0.15) is 4.88 Å². The molecule has 2 nitrogen and oxygen atoms in total. The van der Waals surface area contributed by atoms with Crippen molar-refractivity contribution in [3.8, 4) is 0 Å². The van der Waals surface area contributed by atoms with E-state index in [0.717, 1.165) is 31.2 Å². The summed E-state index contributed by atoms with van der Waals surface area (Å²) in [4.78, 5) is 3.32. The summed E-state index contributed by atoms with van der Waals surface area (Å²) < 4.78 is 2.21. The standard InChI is InChI=1S/C13H13Br2ClN2S/c1-18(2)12-4-3-8(16)5-11(12)17-7-9-6-10(14)13(15)19-9/h3-6,17H,7H2,1-2H3. The molecule has 1 N–H and O–H groups in total. The highest BCUT2D eigenvalue weighted by atomic mass is 79.9. The van der Waals surface area contributed by atoms with Crippen molar-refractivity contribution in [1.29, 1.82) is 0 Å². The molecule has 0 spiro atoms. The molecule has 1 heterocycles. The van der Waals surface area contributed by atoms with Gasteiger partial charge in [0.1, 0.15) is 0 Å². The van der Waals surface area contributed by atoms with E-state index in [0.29, 0.717) is 0 Å². The first-order valence-corrected chi connectivity index (χ1v) is 8.40. The number of nitrogens with zero attached hydrogens (tertiary/aromatic N) is 1. The van der Waals surface area contributed by atoms with Crippen LogP contribution in [-0.2, 0) is 6.54 Å². The number of hydrogen-bond acceptors (Lipinski definition) is 3. The number of hydrogen-bond donors (Lipinski definition) is 1. The summed E-state index contributed by atoms with van der Waals surface area (Å²) >= 11 is 14.8. The third kappa shape index (κ3) is 3.88. The molecule has 102 valence electrons. The zero-order chi connectivity index (χ0) is 14.0. The molecule has 1 aromatic carbocycles. The van der Waals surface area contributed by atoms with Crippen molar-refractivity contribution in [1.82, 2.24) is 0 Å². The quantitative estimate of drug-likeness (QED) is 0.687. The summed E-state index contributed by atoms with van der Waals surface area (Å²) in [5.41, 5.74) is 2.16. The molecule has 0 saturated heterocycles. The first-order chi connectivity index (χ1) is 8.97. The first kappa shape index (κ1) is 15.2. The highest BCUT2D eigenvalue weighted by Crippen LogP contribution is 2.34. The van der Waals surface area contributed by atoms with Crippen molar-refractivity contribution >= 4 is 66.2 Å². The van der Waals surface area contributed by atoms with Gasteiger partial charge in [0.05, 0.1) is 15.2 Å². The molecule has 6 heteroatoms. The molecule has 0 aliphatic rings. The Kier molecular flexibility index (Phi) is 5.17. The van der Waals surface area contributed by atoms with Crippen LogP contribution in [0.15, 0.2) is 32.5 Å². The Morgan fingerprint density at radius 1 is 1.26 bits per heavy atom. The minimum Gasteiger partial charge on any atom is -0.378 e. The van der Waals surface area contributed by atoms with Gasteiger partial charge in [0.25, 0.3) is 0 Å². The van der Waals surface area contributed by atoms with Gasteiger partial charge in [-0.05, 0) is 56.1 Å². The van der Waals surface area contributed by atoms with Gasteiger partial charge < -0.3 is 10.2 Å². The second-order valence-corrected chi connectivity index (χ2v) is 7.99. The minimum atomic E-state index is 0.738. The van der Waals surface area contributed by atoms with Gasteiger partial charge in [-0.25, -0.2) is 0 Å². The van der Waals surface area contributed by atoms with Crippen LogP contribution >= 0.6 is 54.8 Å². The second-order valence-electron chi connectivity index (χ2n) is 4.24. The lowest BCUT2D eigenvalue weighted by Crippen LogP contribution is -2.11. The molecular formula is C13H13Br2ClN2S. The molecule has 0 fully saturated rings. The molecule has 19 heavy (non-hydrogen) atoms. The Balaban J connectivity index is 2.16. The zero-order valence-electron chi connectivity index (χ0n) is 10.5. The number of halogens is 3. The fourth-order valence-electron chi connectivity index (χ4n) is 1.70. The summed E-state index contributed by atoms with van der Waals surface area (Å²) in [7, 11) is 4.04. The van der Waals surface area contributed by atoms with E-state index in [2.05, 4.69) is 48.1 Å². The molecule has 1 aromatic heterocycles. The summed E-state index contributed by atoms with van der Waals surface area (Å²) in [5.74, 6) is 0. The van der Waals surface area contributed by atoms with Gasteiger partial charge in [-0.2, -0.15) is 0 Å². The van der Waals surface area contributed by atoms with Gasteiger partial charge in [0.2, 0.25) is 0 Å². The normalized spacial score (nSPS) is 10.6. The molecule has 0 aliphatic carbocycles. The molecule has 0 unspecified atom stereocenters. The van der Waals surface area contributed by atoms with E-state index in [4.69, 9.17) is 11.6 Å². The molecule has 0 bridgehead atoms. The lowest BCUT2D eigenvalue weighted by Gasteiger charge is -2.18. The fraction of sp³-hybridized carbons (Fsp3) is 0.231. The highest BCUT2D eigenvalue weighted by molar-refractivity contribution is 9.13. The van der Waals surface area contributed by atoms with E-state index in [1.807, 2.05) is 32.3 Å². The topological polar surface area (TPSA) is 15.3 Å². The minimum absolute atomic E-state index is 0.738. The third-order valence-electron chi connectivity index (χ3n) is 2.59.